The zero-order chi connectivity index (χ0) is 6.57. The first-order chi connectivity index (χ1) is 3.68. The van der Waals surface area contributed by atoms with Gasteiger partial charge in [0.1, 0.15) is 0 Å². The minimum absolute atomic E-state index is 0.222. The van der Waals surface area contributed by atoms with Crippen LogP contribution >= 0.6 is 0 Å². The van der Waals surface area contributed by atoms with E-state index in [4.69, 9.17) is 11.0 Å². The second-order valence-corrected chi connectivity index (χ2v) is 2.83. The van der Waals surface area contributed by atoms with Gasteiger partial charge in [-0.3, -0.25) is 0 Å². The van der Waals surface area contributed by atoms with Crippen molar-refractivity contribution in [1.82, 2.24) is 0 Å². The monoisotopic (exact) mass is 176 g/mol. The van der Waals surface area contributed by atoms with Crippen LogP contribution in [0.2, 0.25) is 0 Å². The number of rotatable bonds is 2. The van der Waals surface area contributed by atoms with Crippen molar-refractivity contribution in [2.45, 2.75) is 0 Å². The summed E-state index contributed by atoms with van der Waals surface area (Å²) in [6, 6.07) is 0. The first kappa shape index (κ1) is 7.22. The van der Waals surface area contributed by atoms with Crippen molar-refractivity contribution in [2.24, 2.45) is 5.73 Å². The molecule has 0 aromatic heterocycles. The predicted molar refractivity (Wildman–Crippen MR) is 29.7 cm³/mol. The number of nitrogens with two attached hydrogens (primary N) is 1. The van der Waals surface area contributed by atoms with Crippen molar-refractivity contribution in [3.63, 3.8) is 0 Å². The number of hydrogen-bond donors (Lipinski definition) is 1. The topological polar surface area (TPSA) is 66.9 Å². The van der Waals surface area contributed by atoms with Crippen LogP contribution in [0.1, 0.15) is 0 Å². The molecule has 0 rings (SSSR count). The molecule has 4 heteroatoms. The number of nitrogens with zero attached hydrogens (tertiary/aromatic N) is 1. The van der Waals surface area contributed by atoms with Gasteiger partial charge in [-0.05, 0) is 0 Å². The zero-order valence-corrected chi connectivity index (χ0v) is 5.76. The third-order valence-corrected chi connectivity index (χ3v) is 1.57. The van der Waals surface area contributed by atoms with Gasteiger partial charge in [0.05, 0.1) is 0 Å². The van der Waals surface area contributed by atoms with Crippen LogP contribution in [0.3, 0.4) is 0 Å². The van der Waals surface area contributed by atoms with Gasteiger partial charge in [0.25, 0.3) is 0 Å². The molecule has 0 spiro atoms. The summed E-state index contributed by atoms with van der Waals surface area (Å²) in [7, 11) is 0. The van der Waals surface area contributed by atoms with Crippen molar-refractivity contribution >= 4 is 20.9 Å². The van der Waals surface area contributed by atoms with Gasteiger partial charge in [-0.15, -0.1) is 0 Å². The molecule has 3 nitrogen and oxygen atoms in total. The molecule has 0 aromatic carbocycles. The Hall–Kier alpha value is -0.781. The van der Waals surface area contributed by atoms with E-state index in [9.17, 15) is 4.79 Å². The van der Waals surface area contributed by atoms with Gasteiger partial charge in [-0.25, -0.2) is 0 Å². The number of carbonyl (C=O) groups is 1. The molecule has 0 atom stereocenters. The third-order valence-electron chi connectivity index (χ3n) is 0.444. The van der Waals surface area contributed by atoms with Crippen molar-refractivity contribution in [1.29, 1.82) is 5.26 Å². The Balaban J connectivity index is 3.71. The second-order valence-electron chi connectivity index (χ2n) is 0.981. The van der Waals surface area contributed by atoms with E-state index in [-0.39, 0.29) is 4.47 Å². The van der Waals surface area contributed by atoms with Crippen molar-refractivity contribution in [3.05, 3.63) is 11.1 Å². The summed E-state index contributed by atoms with van der Waals surface area (Å²) in [6.45, 7) is 3.27. The summed E-state index contributed by atoms with van der Waals surface area (Å²) in [6.07, 6.45) is 0. The van der Waals surface area contributed by atoms with E-state index in [2.05, 4.69) is 6.58 Å². The van der Waals surface area contributed by atoms with Crippen LogP contribution in [0.25, 0.3) is 0 Å². The summed E-state index contributed by atoms with van der Waals surface area (Å²) in [5.41, 5.74) is 4.75. The Bertz CT molecular complexity index is 158. The fourth-order valence-corrected chi connectivity index (χ4v) is 0.548. The Labute approximate surface area is 53.3 Å². The quantitative estimate of drug-likeness (QED) is 0.439. The molecule has 42 valence electrons. The van der Waals surface area contributed by atoms with Gasteiger partial charge < -0.3 is 0 Å². The molecule has 2 N–H and O–H groups in total. The van der Waals surface area contributed by atoms with E-state index in [1.807, 2.05) is 4.97 Å². The Morgan fingerprint density at radius 2 is 2.38 bits per heavy atom. The molecular weight excluding hydrogens is 171 g/mol. The maximum absolute atomic E-state index is 10.1. The molecule has 0 saturated heterocycles. The summed E-state index contributed by atoms with van der Waals surface area (Å²) in [5, 5.41) is 7.99. The summed E-state index contributed by atoms with van der Waals surface area (Å²) >= 11 is -0.466. The standard InChI is InChI=1S/C4H4N2OSe/c1-3(4(6)7)8-2-5/h1H2,(H2,6,7). The van der Waals surface area contributed by atoms with Crippen molar-refractivity contribution in [3.8, 4) is 4.97 Å². The Morgan fingerprint density at radius 3 is 2.50 bits per heavy atom. The van der Waals surface area contributed by atoms with E-state index >= 15 is 0 Å². The summed E-state index contributed by atoms with van der Waals surface area (Å²) in [5.74, 6) is -0.577. The van der Waals surface area contributed by atoms with Crippen LogP contribution in [0.15, 0.2) is 11.1 Å². The number of carbonyl (C=O) groups excluding carboxylic acids is 1. The normalized spacial score (nSPS) is 7.38. The Kier molecular flexibility index (Phi) is 2.93. The fraction of sp³-hybridized carbons (Fsp3) is 0. The van der Waals surface area contributed by atoms with Crippen LogP contribution in [-0.2, 0) is 4.79 Å². The number of primary amides is 1. The maximum atomic E-state index is 10.1. The van der Waals surface area contributed by atoms with E-state index < -0.39 is 20.9 Å². The van der Waals surface area contributed by atoms with Gasteiger partial charge in [0.15, 0.2) is 0 Å². The molecule has 0 bridgehead atoms. The van der Waals surface area contributed by atoms with E-state index in [0.717, 1.165) is 0 Å². The number of hydrogen-bond acceptors (Lipinski definition) is 2. The molecule has 0 unspecified atom stereocenters. The van der Waals surface area contributed by atoms with Gasteiger partial charge in [-0.2, -0.15) is 0 Å². The zero-order valence-electron chi connectivity index (χ0n) is 4.05. The molecule has 0 radical (unpaired) electrons. The first-order valence-electron chi connectivity index (χ1n) is 1.73. The SMILES string of the molecule is C=C([Se]C#N)C(N)=O. The molecular formula is C4H4N2OSe. The van der Waals surface area contributed by atoms with Crippen molar-refractivity contribution < 1.29 is 4.79 Å². The molecule has 0 heterocycles. The second kappa shape index (κ2) is 3.25. The molecule has 8 heavy (non-hydrogen) atoms. The van der Waals surface area contributed by atoms with Crippen LogP contribution in [0, 0.1) is 10.2 Å². The van der Waals surface area contributed by atoms with Crippen molar-refractivity contribution in [2.75, 3.05) is 0 Å². The molecule has 0 aromatic rings. The molecule has 0 fully saturated rings. The Morgan fingerprint density at radius 1 is 1.88 bits per heavy atom. The van der Waals surface area contributed by atoms with Crippen LogP contribution in [0.4, 0.5) is 0 Å². The molecule has 0 aliphatic carbocycles. The van der Waals surface area contributed by atoms with Gasteiger partial charge in [-0.1, -0.05) is 0 Å². The van der Waals surface area contributed by atoms with Gasteiger partial charge in [0.2, 0.25) is 0 Å². The van der Waals surface area contributed by atoms with Gasteiger partial charge >= 0.3 is 52.7 Å². The third kappa shape index (κ3) is 2.40. The van der Waals surface area contributed by atoms with Crippen LogP contribution < -0.4 is 5.73 Å². The van der Waals surface area contributed by atoms with Gasteiger partial charge in [0, 0.05) is 0 Å². The number of nitriles is 1. The molecule has 0 aliphatic heterocycles. The van der Waals surface area contributed by atoms with Crippen LogP contribution in [0.5, 0.6) is 0 Å². The van der Waals surface area contributed by atoms with E-state index in [1.54, 1.807) is 0 Å². The fourth-order valence-electron chi connectivity index (χ4n) is 0.105. The number of amides is 1. The first-order valence-corrected chi connectivity index (χ1v) is 3.44. The molecule has 1 amide bonds. The molecule has 0 aliphatic rings. The average Bonchev–Trinajstić information content (AvgIpc) is 1.67. The van der Waals surface area contributed by atoms with E-state index in [1.165, 1.54) is 0 Å². The molecule has 0 saturated carbocycles. The van der Waals surface area contributed by atoms with E-state index in [0.29, 0.717) is 0 Å². The average molecular weight is 175 g/mol. The summed E-state index contributed by atoms with van der Waals surface area (Å²) in [4.78, 5) is 11.9. The minimum atomic E-state index is -0.577. The summed E-state index contributed by atoms with van der Waals surface area (Å²) < 4.78 is 0.222. The van der Waals surface area contributed by atoms with Crippen LogP contribution in [-0.4, -0.2) is 20.9 Å². The predicted octanol–water partition coefficient (Wildman–Crippen LogP) is -0.829.